The fraction of sp³-hybridized carbons (Fsp3) is 0.0294. The average Bonchev–Trinajstić information content (AvgIpc) is 4.07. The third-order valence-corrected chi connectivity index (χ3v) is 16.0. The lowest BCUT2D eigenvalue weighted by atomic mass is 9.66. The fourth-order valence-electron chi connectivity index (χ4n) is 13.2. The molecule has 0 saturated heterocycles. The molecular formula is C68H41NO3. The second-order valence-corrected chi connectivity index (χ2v) is 19.4. The van der Waals surface area contributed by atoms with Crippen molar-refractivity contribution in [2.24, 2.45) is 0 Å². The smallest absolute Gasteiger partial charge is 0.143 e. The molecule has 1 aromatic heterocycles. The number of benzene rings is 11. The first-order valence-corrected chi connectivity index (χ1v) is 24.7. The SMILES string of the molecule is c1ccc2c(c1)Oc1ccccc1C21c2ccccc2-c2cc(N(c3ccc(-c4cccc5c4oc4ccccc45)cc3)c3cccc4c3-c3ccccc3C43c4ccccc4Oc4ccccc43)ccc21. The van der Waals surface area contributed by atoms with E-state index in [4.69, 9.17) is 13.9 Å². The molecule has 0 atom stereocenters. The molecule has 2 aliphatic heterocycles. The van der Waals surface area contributed by atoms with Crippen LogP contribution >= 0.6 is 0 Å². The van der Waals surface area contributed by atoms with Gasteiger partial charge in [0.1, 0.15) is 34.2 Å². The first kappa shape index (κ1) is 39.5. The van der Waals surface area contributed by atoms with Crippen molar-refractivity contribution in [3.8, 4) is 56.4 Å². The van der Waals surface area contributed by atoms with Gasteiger partial charge in [0, 0.05) is 55.5 Å². The van der Waals surface area contributed by atoms with E-state index in [1.165, 1.54) is 44.5 Å². The van der Waals surface area contributed by atoms with Crippen LogP contribution in [0.2, 0.25) is 0 Å². The number of furan rings is 1. The summed E-state index contributed by atoms with van der Waals surface area (Å²) in [6, 6.07) is 90.2. The van der Waals surface area contributed by atoms with Crippen molar-refractivity contribution in [2.45, 2.75) is 10.8 Å². The number of nitrogens with zero attached hydrogens (tertiary/aromatic N) is 1. The molecule has 0 radical (unpaired) electrons. The number of para-hydroxylation sites is 6. The lowest BCUT2D eigenvalue weighted by Crippen LogP contribution is -2.32. The second-order valence-electron chi connectivity index (χ2n) is 19.4. The number of ether oxygens (including phenoxy) is 2. The first-order valence-electron chi connectivity index (χ1n) is 24.7. The molecule has 4 nitrogen and oxygen atoms in total. The maximum absolute atomic E-state index is 6.74. The molecule has 0 unspecified atom stereocenters. The third-order valence-electron chi connectivity index (χ3n) is 16.0. The number of hydrogen-bond acceptors (Lipinski definition) is 4. The van der Waals surface area contributed by atoms with Gasteiger partial charge in [0.25, 0.3) is 0 Å². The van der Waals surface area contributed by atoms with Gasteiger partial charge in [-0.2, -0.15) is 0 Å². The second kappa shape index (κ2) is 14.6. The van der Waals surface area contributed by atoms with Gasteiger partial charge in [-0.1, -0.05) is 188 Å². The van der Waals surface area contributed by atoms with Gasteiger partial charge in [-0.05, 0) is 105 Å². The van der Waals surface area contributed by atoms with Gasteiger partial charge in [-0.15, -0.1) is 0 Å². The maximum Gasteiger partial charge on any atom is 0.143 e. The van der Waals surface area contributed by atoms with Gasteiger partial charge in [0.15, 0.2) is 0 Å². The Morgan fingerprint density at radius 3 is 1.42 bits per heavy atom. The summed E-state index contributed by atoms with van der Waals surface area (Å²) in [6.07, 6.45) is 0. The van der Waals surface area contributed by atoms with Crippen molar-refractivity contribution < 1.29 is 13.9 Å². The number of fused-ring (bicyclic) bond motifs is 21. The Hall–Kier alpha value is -9.38. The Morgan fingerprint density at radius 2 is 0.764 bits per heavy atom. The third kappa shape index (κ3) is 5.05. The summed E-state index contributed by atoms with van der Waals surface area (Å²) in [6.45, 7) is 0. The lowest BCUT2D eigenvalue weighted by molar-refractivity contribution is 0.436. The summed E-state index contributed by atoms with van der Waals surface area (Å²) in [5.41, 5.74) is 20.3. The minimum absolute atomic E-state index is 0.580. The zero-order chi connectivity index (χ0) is 47.1. The van der Waals surface area contributed by atoms with E-state index < -0.39 is 10.8 Å². The number of hydrogen-bond donors (Lipinski definition) is 0. The highest BCUT2D eigenvalue weighted by atomic mass is 16.5. The van der Waals surface area contributed by atoms with E-state index in [1.54, 1.807) is 0 Å². The number of anilines is 3. The topological polar surface area (TPSA) is 34.8 Å². The van der Waals surface area contributed by atoms with Gasteiger partial charge in [-0.25, -0.2) is 0 Å². The largest absolute Gasteiger partial charge is 0.457 e. The molecule has 0 N–H and O–H groups in total. The predicted molar refractivity (Wildman–Crippen MR) is 289 cm³/mol. The van der Waals surface area contributed by atoms with Crippen LogP contribution in [-0.4, -0.2) is 0 Å². The Morgan fingerprint density at radius 1 is 0.306 bits per heavy atom. The fourth-order valence-corrected chi connectivity index (χ4v) is 13.2. The van der Waals surface area contributed by atoms with Gasteiger partial charge in [-0.3, -0.25) is 0 Å². The summed E-state index contributed by atoms with van der Waals surface area (Å²) in [5, 5.41) is 2.24. The molecule has 2 aliphatic carbocycles. The van der Waals surface area contributed by atoms with Crippen LogP contribution in [0.3, 0.4) is 0 Å². The van der Waals surface area contributed by atoms with E-state index in [-0.39, 0.29) is 0 Å². The maximum atomic E-state index is 6.74. The molecule has 2 spiro atoms. The van der Waals surface area contributed by atoms with Gasteiger partial charge in [0.2, 0.25) is 0 Å². The first-order chi connectivity index (χ1) is 35.7. The molecule has 16 rings (SSSR count). The minimum atomic E-state index is -0.624. The van der Waals surface area contributed by atoms with E-state index in [1.807, 2.05) is 6.07 Å². The molecule has 0 bridgehead atoms. The van der Waals surface area contributed by atoms with Gasteiger partial charge >= 0.3 is 0 Å². The molecule has 0 fully saturated rings. The summed E-state index contributed by atoms with van der Waals surface area (Å²) in [5.74, 6) is 3.51. The zero-order valence-electron chi connectivity index (χ0n) is 38.8. The number of rotatable bonds is 4. The summed E-state index contributed by atoms with van der Waals surface area (Å²) in [7, 11) is 0. The van der Waals surface area contributed by atoms with E-state index >= 15 is 0 Å². The summed E-state index contributed by atoms with van der Waals surface area (Å²) in [4.78, 5) is 2.48. The highest BCUT2D eigenvalue weighted by Gasteiger charge is 2.53. The molecule has 336 valence electrons. The predicted octanol–water partition coefficient (Wildman–Crippen LogP) is 17.7. The zero-order valence-corrected chi connectivity index (χ0v) is 38.8. The minimum Gasteiger partial charge on any atom is -0.457 e. The molecule has 0 amide bonds. The van der Waals surface area contributed by atoms with Crippen LogP contribution in [0.15, 0.2) is 253 Å². The Labute approximate surface area is 416 Å². The van der Waals surface area contributed by atoms with Crippen LogP contribution in [0, 0.1) is 0 Å². The molecule has 3 heterocycles. The summed E-state index contributed by atoms with van der Waals surface area (Å²) < 4.78 is 20.0. The normalized spacial score (nSPS) is 14.3. The van der Waals surface area contributed by atoms with E-state index in [0.29, 0.717) is 0 Å². The Bertz CT molecular complexity index is 4170. The Balaban J connectivity index is 0.958. The molecule has 4 aliphatic rings. The van der Waals surface area contributed by atoms with Crippen LogP contribution in [0.5, 0.6) is 23.0 Å². The van der Waals surface area contributed by atoms with Crippen molar-refractivity contribution in [1.29, 1.82) is 0 Å². The Kier molecular flexibility index (Phi) is 7.99. The standard InChI is InChI=1S/C68H41NO3/c1-4-22-51-46(17-1)50-41-44(39-40-53(50)67(51)54-24-6-11-31-61(54)70-62-32-12-7-25-55(62)67)69(43-37-35-42(36-38-43)45-20-15-21-48-47-18-3-10-30-60(47)72-66(45)48)59-29-16-28-58-65(59)49-19-2-5-23-52(49)68(58)56-26-8-13-33-63(56)71-64-34-14-9-27-57(64)68/h1-41H. The molecular weight excluding hydrogens is 879 g/mol. The molecule has 11 aromatic carbocycles. The highest BCUT2D eigenvalue weighted by molar-refractivity contribution is 6.10. The van der Waals surface area contributed by atoms with E-state index in [0.717, 1.165) is 95.4 Å². The highest BCUT2D eigenvalue weighted by Crippen LogP contribution is 2.66. The van der Waals surface area contributed by atoms with Gasteiger partial charge in [0.05, 0.1) is 16.5 Å². The van der Waals surface area contributed by atoms with Crippen LogP contribution in [0.1, 0.15) is 44.5 Å². The molecule has 12 aromatic rings. The van der Waals surface area contributed by atoms with Crippen LogP contribution in [-0.2, 0) is 10.8 Å². The average molecular weight is 920 g/mol. The van der Waals surface area contributed by atoms with Crippen LogP contribution in [0.25, 0.3) is 55.3 Å². The quantitative estimate of drug-likeness (QED) is 0.176. The van der Waals surface area contributed by atoms with E-state index in [9.17, 15) is 0 Å². The van der Waals surface area contributed by atoms with Crippen molar-refractivity contribution in [3.05, 3.63) is 293 Å². The van der Waals surface area contributed by atoms with Crippen molar-refractivity contribution in [1.82, 2.24) is 0 Å². The van der Waals surface area contributed by atoms with E-state index in [2.05, 4.69) is 248 Å². The van der Waals surface area contributed by atoms with Crippen LogP contribution < -0.4 is 14.4 Å². The monoisotopic (exact) mass is 919 g/mol. The van der Waals surface area contributed by atoms with Crippen molar-refractivity contribution in [2.75, 3.05) is 4.90 Å². The lowest BCUT2D eigenvalue weighted by Gasteiger charge is -2.39. The molecule has 72 heavy (non-hydrogen) atoms. The van der Waals surface area contributed by atoms with Crippen molar-refractivity contribution >= 4 is 39.0 Å². The molecule has 0 saturated carbocycles. The summed E-state index contributed by atoms with van der Waals surface area (Å²) >= 11 is 0. The van der Waals surface area contributed by atoms with Gasteiger partial charge < -0.3 is 18.8 Å². The van der Waals surface area contributed by atoms with Crippen LogP contribution in [0.4, 0.5) is 17.1 Å². The molecule has 4 heteroatoms. The van der Waals surface area contributed by atoms with Crippen molar-refractivity contribution in [3.63, 3.8) is 0 Å².